The molecule has 1 aromatic rings. The van der Waals surface area contributed by atoms with E-state index in [1.54, 1.807) is 0 Å². The van der Waals surface area contributed by atoms with E-state index in [1.165, 1.54) is 25.9 Å². The van der Waals surface area contributed by atoms with E-state index in [-0.39, 0.29) is 0 Å². The monoisotopic (exact) mass is 348 g/mol. The van der Waals surface area contributed by atoms with E-state index in [4.69, 9.17) is 15.2 Å². The summed E-state index contributed by atoms with van der Waals surface area (Å²) in [5.74, 6) is 2.71. The van der Waals surface area contributed by atoms with Gasteiger partial charge in [-0.3, -0.25) is 4.99 Å². The third-order valence-electron chi connectivity index (χ3n) is 4.48. The van der Waals surface area contributed by atoms with E-state index < -0.39 is 0 Å². The first kappa shape index (κ1) is 19.4. The number of nitrogens with two attached hydrogens (primary N) is 1. The van der Waals surface area contributed by atoms with Crippen molar-refractivity contribution < 1.29 is 9.47 Å². The molecule has 0 spiro atoms. The summed E-state index contributed by atoms with van der Waals surface area (Å²) in [6, 6.07) is 5.68. The van der Waals surface area contributed by atoms with Gasteiger partial charge >= 0.3 is 0 Å². The lowest BCUT2D eigenvalue weighted by molar-refractivity contribution is 0.214. The third-order valence-corrected chi connectivity index (χ3v) is 4.48. The van der Waals surface area contributed by atoms with Gasteiger partial charge in [0.25, 0.3) is 0 Å². The van der Waals surface area contributed by atoms with E-state index in [2.05, 4.69) is 22.3 Å². The van der Waals surface area contributed by atoms with Crippen LogP contribution in [0.1, 0.15) is 33.1 Å². The van der Waals surface area contributed by atoms with Crippen molar-refractivity contribution in [3.63, 3.8) is 0 Å². The van der Waals surface area contributed by atoms with Crippen molar-refractivity contribution in [3.8, 4) is 11.5 Å². The zero-order chi connectivity index (χ0) is 18.1. The number of nitrogens with one attached hydrogen (secondary N) is 1. The van der Waals surface area contributed by atoms with Gasteiger partial charge in [-0.2, -0.15) is 0 Å². The molecule has 1 fully saturated rings. The average molecular weight is 348 g/mol. The van der Waals surface area contributed by atoms with Crippen LogP contribution in [0, 0.1) is 5.92 Å². The van der Waals surface area contributed by atoms with Crippen molar-refractivity contribution in [2.75, 3.05) is 45.2 Å². The normalized spacial score (nSPS) is 16.7. The van der Waals surface area contributed by atoms with Gasteiger partial charge in [0.1, 0.15) is 11.5 Å². The number of anilines is 1. The first-order chi connectivity index (χ1) is 12.1. The highest BCUT2D eigenvalue weighted by Crippen LogP contribution is 2.29. The second-order valence-corrected chi connectivity index (χ2v) is 6.45. The molecular weight excluding hydrogens is 316 g/mol. The Hall–Kier alpha value is -1.95. The molecule has 25 heavy (non-hydrogen) atoms. The first-order valence-corrected chi connectivity index (χ1v) is 9.27. The maximum absolute atomic E-state index is 6.07. The minimum Gasteiger partial charge on any atom is -0.494 e. The zero-order valence-electron chi connectivity index (χ0n) is 15.8. The highest BCUT2D eigenvalue weighted by atomic mass is 16.5. The molecular formula is C19H32N4O2. The molecule has 0 atom stereocenters. The number of benzene rings is 1. The van der Waals surface area contributed by atoms with Crippen molar-refractivity contribution in [2.24, 2.45) is 16.6 Å². The number of nitrogens with zero attached hydrogens (tertiary/aromatic N) is 2. The largest absolute Gasteiger partial charge is 0.494 e. The summed E-state index contributed by atoms with van der Waals surface area (Å²) < 4.78 is 11.2. The lowest BCUT2D eigenvalue weighted by Crippen LogP contribution is -2.30. The Morgan fingerprint density at radius 3 is 2.64 bits per heavy atom. The van der Waals surface area contributed by atoms with Crippen molar-refractivity contribution >= 4 is 11.6 Å². The van der Waals surface area contributed by atoms with Crippen LogP contribution in [0.25, 0.3) is 0 Å². The second-order valence-electron chi connectivity index (χ2n) is 6.45. The summed E-state index contributed by atoms with van der Waals surface area (Å²) in [5, 5.41) is 3.15. The van der Waals surface area contributed by atoms with Crippen LogP contribution < -0.4 is 20.5 Å². The fraction of sp³-hybridized carbons (Fsp3) is 0.632. The molecule has 0 amide bonds. The van der Waals surface area contributed by atoms with Crippen molar-refractivity contribution in [3.05, 3.63) is 18.2 Å². The molecule has 1 saturated heterocycles. The van der Waals surface area contributed by atoms with Crippen molar-refractivity contribution in [1.82, 2.24) is 4.90 Å². The minimum absolute atomic E-state index is 0.419. The topological polar surface area (TPSA) is 72.1 Å². The van der Waals surface area contributed by atoms with Crippen LogP contribution >= 0.6 is 0 Å². The van der Waals surface area contributed by atoms with E-state index in [0.29, 0.717) is 19.2 Å². The quantitative estimate of drug-likeness (QED) is 0.558. The molecule has 0 aliphatic carbocycles. The standard InChI is InChI=1S/C19H32N4O2/c1-4-24-16-6-7-18(25-5-2)17(14-16)22-19(20)21-11-8-15-9-12-23(3)13-10-15/h6-7,14-15H,4-5,8-13H2,1-3H3,(H3,20,21,22). The second kappa shape index (κ2) is 10.1. The summed E-state index contributed by atoms with van der Waals surface area (Å²) in [7, 11) is 2.18. The first-order valence-electron chi connectivity index (χ1n) is 9.27. The Bertz CT molecular complexity index is 554. The van der Waals surface area contributed by atoms with E-state index in [1.807, 2.05) is 32.0 Å². The Morgan fingerprint density at radius 1 is 1.24 bits per heavy atom. The highest BCUT2D eigenvalue weighted by Gasteiger charge is 2.16. The molecule has 1 aliphatic rings. The Labute approximate surface area is 151 Å². The predicted molar refractivity (Wildman–Crippen MR) is 104 cm³/mol. The van der Waals surface area contributed by atoms with Crippen LogP contribution in [0.2, 0.25) is 0 Å². The molecule has 0 aromatic heterocycles. The van der Waals surface area contributed by atoms with Crippen LogP contribution in [-0.2, 0) is 0 Å². The van der Waals surface area contributed by atoms with Gasteiger partial charge in [0, 0.05) is 12.6 Å². The highest BCUT2D eigenvalue weighted by molar-refractivity contribution is 5.94. The number of guanidine groups is 1. The molecule has 1 aliphatic heterocycles. The van der Waals surface area contributed by atoms with Crippen LogP contribution in [0.3, 0.4) is 0 Å². The molecule has 0 bridgehead atoms. The molecule has 3 N–H and O–H groups in total. The number of aliphatic imine (C=N–C) groups is 1. The Kier molecular flexibility index (Phi) is 7.85. The van der Waals surface area contributed by atoms with E-state index >= 15 is 0 Å². The van der Waals surface area contributed by atoms with Crippen molar-refractivity contribution in [2.45, 2.75) is 33.1 Å². The number of hydrogen-bond donors (Lipinski definition) is 2. The van der Waals surface area contributed by atoms with Gasteiger partial charge in [0.2, 0.25) is 0 Å². The van der Waals surface area contributed by atoms with Gasteiger partial charge < -0.3 is 25.4 Å². The third kappa shape index (κ3) is 6.46. The van der Waals surface area contributed by atoms with Gasteiger partial charge in [-0.1, -0.05) is 0 Å². The zero-order valence-corrected chi connectivity index (χ0v) is 15.8. The summed E-state index contributed by atoms with van der Waals surface area (Å²) in [6.07, 6.45) is 3.60. The number of ether oxygens (including phenoxy) is 2. The Morgan fingerprint density at radius 2 is 1.96 bits per heavy atom. The predicted octanol–water partition coefficient (Wildman–Crippen LogP) is 2.94. The molecule has 1 aromatic carbocycles. The molecule has 2 rings (SSSR count). The molecule has 0 radical (unpaired) electrons. The summed E-state index contributed by atoms with van der Waals surface area (Å²) in [6.45, 7) is 8.25. The maximum atomic E-state index is 6.07. The average Bonchev–Trinajstić information content (AvgIpc) is 2.59. The number of piperidine rings is 1. The van der Waals surface area contributed by atoms with Gasteiger partial charge in [0.05, 0.1) is 18.9 Å². The number of likely N-dealkylation sites (tertiary alicyclic amines) is 1. The van der Waals surface area contributed by atoms with Gasteiger partial charge in [-0.25, -0.2) is 0 Å². The smallest absolute Gasteiger partial charge is 0.193 e. The fourth-order valence-electron chi connectivity index (χ4n) is 3.04. The fourth-order valence-corrected chi connectivity index (χ4v) is 3.04. The molecule has 1 heterocycles. The van der Waals surface area contributed by atoms with E-state index in [0.717, 1.165) is 36.1 Å². The molecule has 0 unspecified atom stereocenters. The molecule has 140 valence electrons. The lowest BCUT2D eigenvalue weighted by Gasteiger charge is -2.28. The number of rotatable bonds is 8. The maximum Gasteiger partial charge on any atom is 0.193 e. The Balaban J connectivity index is 1.91. The molecule has 0 saturated carbocycles. The van der Waals surface area contributed by atoms with Crippen LogP contribution in [0.4, 0.5) is 5.69 Å². The SMILES string of the molecule is CCOc1ccc(OCC)c(NC(N)=NCCC2CCN(C)CC2)c1. The molecule has 6 heteroatoms. The van der Waals surface area contributed by atoms with Gasteiger partial charge in [0.15, 0.2) is 5.96 Å². The summed E-state index contributed by atoms with van der Waals surface area (Å²) >= 11 is 0. The van der Waals surface area contributed by atoms with E-state index in [9.17, 15) is 0 Å². The summed E-state index contributed by atoms with van der Waals surface area (Å²) in [4.78, 5) is 6.87. The van der Waals surface area contributed by atoms with Crippen LogP contribution in [0.5, 0.6) is 11.5 Å². The van der Waals surface area contributed by atoms with Crippen LogP contribution in [0.15, 0.2) is 23.2 Å². The van der Waals surface area contributed by atoms with Gasteiger partial charge in [-0.05, 0) is 71.3 Å². The molecule has 6 nitrogen and oxygen atoms in total. The summed E-state index contributed by atoms with van der Waals surface area (Å²) in [5.41, 5.74) is 6.85. The lowest BCUT2D eigenvalue weighted by atomic mass is 9.94. The number of hydrogen-bond acceptors (Lipinski definition) is 4. The minimum atomic E-state index is 0.419. The van der Waals surface area contributed by atoms with Gasteiger partial charge in [-0.15, -0.1) is 0 Å². The van der Waals surface area contributed by atoms with Crippen molar-refractivity contribution in [1.29, 1.82) is 0 Å². The van der Waals surface area contributed by atoms with Crippen LogP contribution in [-0.4, -0.2) is 50.8 Å².